The summed E-state index contributed by atoms with van der Waals surface area (Å²) < 4.78 is 7.55. The van der Waals surface area contributed by atoms with E-state index in [2.05, 4.69) is 29.5 Å². The van der Waals surface area contributed by atoms with Crippen LogP contribution >= 0.6 is 0 Å². The van der Waals surface area contributed by atoms with Gasteiger partial charge in [0.1, 0.15) is 0 Å². The lowest BCUT2D eigenvalue weighted by molar-refractivity contribution is -0.106. The minimum Gasteiger partial charge on any atom is -0.373 e. The van der Waals surface area contributed by atoms with Crippen LogP contribution in [0.25, 0.3) is 0 Å². The maximum atomic E-state index is 8.58. The number of nitrogens with zero attached hydrogens (tertiary/aromatic N) is 1. The highest BCUT2D eigenvalue weighted by atomic mass is 16.5. The Morgan fingerprint density at radius 3 is 2.67 bits per heavy atom. The van der Waals surface area contributed by atoms with Gasteiger partial charge < -0.3 is 15.0 Å². The summed E-state index contributed by atoms with van der Waals surface area (Å²) in [6, 6.07) is 2.18. The van der Waals surface area contributed by atoms with Crippen molar-refractivity contribution in [1.29, 1.82) is 0 Å². The first-order chi connectivity index (χ1) is 7.27. The van der Waals surface area contributed by atoms with Gasteiger partial charge >= 0.3 is 0 Å². The number of aromatic nitrogens is 1. The molecule has 0 bridgehead atoms. The van der Waals surface area contributed by atoms with Gasteiger partial charge in [0.25, 0.3) is 0 Å². The summed E-state index contributed by atoms with van der Waals surface area (Å²) >= 11 is 0. The van der Waals surface area contributed by atoms with Crippen LogP contribution in [0.1, 0.15) is 25.1 Å². The van der Waals surface area contributed by atoms with Crippen molar-refractivity contribution < 1.29 is 9.53 Å². The molecule has 1 aliphatic heterocycles. The molecular formula is C11H20N2O2. The number of carbonyl (C=O) groups is 1. The van der Waals surface area contributed by atoms with E-state index in [-0.39, 0.29) is 6.41 Å². The minimum absolute atomic E-state index is 0.250. The minimum atomic E-state index is 0.250. The third-order valence-electron chi connectivity index (χ3n) is 1.85. The van der Waals surface area contributed by atoms with Crippen LogP contribution in [-0.2, 0) is 22.7 Å². The fourth-order valence-corrected chi connectivity index (χ4v) is 1.38. The summed E-state index contributed by atoms with van der Waals surface area (Å²) in [6.45, 7) is 8.78. The Bertz CT molecular complexity index is 259. The Balaban J connectivity index is 0.000000342. The zero-order valence-electron chi connectivity index (χ0n) is 9.69. The molecule has 2 heterocycles. The molecule has 0 saturated heterocycles. The molecule has 1 aliphatic rings. The SMILES string of the molecule is CC.Cc1cc2n(c1)CCOC2.NC=O. The zero-order chi connectivity index (χ0) is 11.7. The van der Waals surface area contributed by atoms with Crippen molar-refractivity contribution >= 4 is 6.41 Å². The van der Waals surface area contributed by atoms with Crippen molar-refractivity contribution in [1.82, 2.24) is 4.57 Å². The highest BCUT2D eigenvalue weighted by Gasteiger charge is 2.07. The van der Waals surface area contributed by atoms with Crippen molar-refractivity contribution in [3.05, 3.63) is 23.5 Å². The molecule has 15 heavy (non-hydrogen) atoms. The van der Waals surface area contributed by atoms with Crippen molar-refractivity contribution in [3.8, 4) is 0 Å². The molecule has 2 N–H and O–H groups in total. The number of primary amides is 1. The molecule has 0 atom stereocenters. The predicted octanol–water partition coefficient (Wildman–Crippen LogP) is 1.45. The molecule has 0 unspecified atom stereocenters. The zero-order valence-corrected chi connectivity index (χ0v) is 9.69. The molecule has 1 aromatic heterocycles. The fourth-order valence-electron chi connectivity index (χ4n) is 1.38. The number of fused-ring (bicyclic) bond motifs is 1. The standard InChI is InChI=1S/C8H11NO.C2H6.CH3NO/c1-7-4-8-6-10-3-2-9(8)5-7;1-2;2-1-3/h4-5H,2-3,6H2,1H3;1-2H3;1H,(H2,2,3). The van der Waals surface area contributed by atoms with Gasteiger partial charge in [0.05, 0.1) is 13.2 Å². The lowest BCUT2D eigenvalue weighted by Crippen LogP contribution is -2.14. The van der Waals surface area contributed by atoms with Crippen LogP contribution in [0.5, 0.6) is 0 Å². The maximum Gasteiger partial charge on any atom is 0.204 e. The molecule has 4 heteroatoms. The predicted molar refractivity (Wildman–Crippen MR) is 60.4 cm³/mol. The van der Waals surface area contributed by atoms with Crippen molar-refractivity contribution in [2.75, 3.05) is 6.61 Å². The summed E-state index contributed by atoms with van der Waals surface area (Å²) in [5, 5.41) is 0. The van der Waals surface area contributed by atoms with E-state index in [4.69, 9.17) is 9.53 Å². The number of hydrogen-bond donors (Lipinski definition) is 1. The first-order valence-corrected chi connectivity index (χ1v) is 5.16. The number of amides is 1. The first kappa shape index (κ1) is 13.7. The molecule has 0 saturated carbocycles. The van der Waals surface area contributed by atoms with E-state index in [0.29, 0.717) is 0 Å². The average molecular weight is 212 g/mol. The number of hydrogen-bond acceptors (Lipinski definition) is 2. The summed E-state index contributed by atoms with van der Waals surface area (Å²) in [7, 11) is 0. The van der Waals surface area contributed by atoms with E-state index in [1.54, 1.807) is 0 Å². The highest BCUT2D eigenvalue weighted by molar-refractivity contribution is 5.42. The van der Waals surface area contributed by atoms with Gasteiger partial charge in [-0.3, -0.25) is 4.79 Å². The van der Waals surface area contributed by atoms with Crippen molar-refractivity contribution in [3.63, 3.8) is 0 Å². The molecule has 1 amide bonds. The molecule has 0 radical (unpaired) electrons. The summed E-state index contributed by atoms with van der Waals surface area (Å²) in [5.41, 5.74) is 6.81. The average Bonchev–Trinajstić information content (AvgIpc) is 2.62. The van der Waals surface area contributed by atoms with E-state index in [0.717, 1.165) is 19.8 Å². The molecule has 0 spiro atoms. The Morgan fingerprint density at radius 1 is 1.53 bits per heavy atom. The number of nitrogens with two attached hydrogens (primary N) is 1. The summed E-state index contributed by atoms with van der Waals surface area (Å²) in [6.07, 6.45) is 2.43. The number of ether oxygens (including phenoxy) is 1. The van der Waals surface area contributed by atoms with E-state index in [1.165, 1.54) is 11.3 Å². The first-order valence-electron chi connectivity index (χ1n) is 5.16. The summed E-state index contributed by atoms with van der Waals surface area (Å²) in [5.74, 6) is 0. The second-order valence-electron chi connectivity index (χ2n) is 2.89. The van der Waals surface area contributed by atoms with Crippen LogP contribution in [0.4, 0.5) is 0 Å². The van der Waals surface area contributed by atoms with E-state index >= 15 is 0 Å². The van der Waals surface area contributed by atoms with Gasteiger partial charge in [-0.15, -0.1) is 0 Å². The molecule has 0 aromatic carbocycles. The van der Waals surface area contributed by atoms with Crippen molar-refractivity contribution in [2.45, 2.75) is 33.9 Å². The lowest BCUT2D eigenvalue weighted by atomic mass is 10.3. The number of carbonyl (C=O) groups excluding carboxylic acids is 1. The largest absolute Gasteiger partial charge is 0.373 e. The van der Waals surface area contributed by atoms with E-state index in [1.807, 2.05) is 13.8 Å². The van der Waals surface area contributed by atoms with Gasteiger partial charge in [-0.05, 0) is 18.6 Å². The number of aryl methyl sites for hydroxylation is 1. The molecule has 86 valence electrons. The third kappa shape index (κ3) is 4.65. The van der Waals surface area contributed by atoms with Crippen LogP contribution in [0, 0.1) is 6.92 Å². The second-order valence-corrected chi connectivity index (χ2v) is 2.89. The molecule has 0 aliphatic carbocycles. The smallest absolute Gasteiger partial charge is 0.204 e. The van der Waals surface area contributed by atoms with Gasteiger partial charge in [0.15, 0.2) is 0 Å². The van der Waals surface area contributed by atoms with Gasteiger partial charge in [0.2, 0.25) is 6.41 Å². The van der Waals surface area contributed by atoms with E-state index in [9.17, 15) is 0 Å². The molecule has 0 fully saturated rings. The molecule has 4 nitrogen and oxygen atoms in total. The Kier molecular flexibility index (Phi) is 7.36. The second kappa shape index (κ2) is 8.05. The van der Waals surface area contributed by atoms with Gasteiger partial charge in [0, 0.05) is 18.4 Å². The summed E-state index contributed by atoms with van der Waals surface area (Å²) in [4.78, 5) is 8.58. The fraction of sp³-hybridized carbons (Fsp3) is 0.545. The number of rotatable bonds is 0. The van der Waals surface area contributed by atoms with Crippen LogP contribution in [0.15, 0.2) is 12.3 Å². The van der Waals surface area contributed by atoms with Gasteiger partial charge in [-0.1, -0.05) is 13.8 Å². The quantitative estimate of drug-likeness (QED) is 0.662. The molecule has 1 aromatic rings. The lowest BCUT2D eigenvalue weighted by Gasteiger charge is -2.14. The highest BCUT2D eigenvalue weighted by Crippen LogP contribution is 2.12. The molecular weight excluding hydrogens is 192 g/mol. The van der Waals surface area contributed by atoms with Gasteiger partial charge in [-0.2, -0.15) is 0 Å². The van der Waals surface area contributed by atoms with Crippen LogP contribution in [-0.4, -0.2) is 17.6 Å². The van der Waals surface area contributed by atoms with Crippen LogP contribution < -0.4 is 5.73 Å². The monoisotopic (exact) mass is 212 g/mol. The van der Waals surface area contributed by atoms with Crippen molar-refractivity contribution in [2.24, 2.45) is 5.73 Å². The Labute approximate surface area is 91.0 Å². The third-order valence-corrected chi connectivity index (χ3v) is 1.85. The molecule has 2 rings (SSSR count). The maximum absolute atomic E-state index is 8.58. The Morgan fingerprint density at radius 2 is 2.13 bits per heavy atom. The van der Waals surface area contributed by atoms with Crippen LogP contribution in [0.2, 0.25) is 0 Å². The topological polar surface area (TPSA) is 57.2 Å². The van der Waals surface area contributed by atoms with Crippen LogP contribution in [0.3, 0.4) is 0 Å². The Hall–Kier alpha value is -1.29. The van der Waals surface area contributed by atoms with E-state index < -0.39 is 0 Å². The normalized spacial score (nSPS) is 12.5. The van der Waals surface area contributed by atoms with Gasteiger partial charge in [-0.25, -0.2) is 0 Å².